The molecule has 0 atom stereocenters. The van der Waals surface area contributed by atoms with Crippen LogP contribution in [0.3, 0.4) is 0 Å². The Kier molecular flexibility index (Phi) is 9.56. The number of aryl methyl sites for hydroxylation is 1. The first-order valence-electron chi connectivity index (χ1n) is 3.15. The van der Waals surface area contributed by atoms with Gasteiger partial charge in [0.1, 0.15) is 0 Å². The van der Waals surface area contributed by atoms with Crippen molar-refractivity contribution in [2.45, 2.75) is 6.42 Å². The molecule has 0 aromatic carbocycles. The van der Waals surface area contributed by atoms with Gasteiger partial charge in [0.25, 0.3) is 10.1 Å². The predicted octanol–water partition coefficient (Wildman–Crippen LogP) is -0.852. The Hall–Kier alpha value is 1.19. The number of hydrogen-bond donors (Lipinski definition) is 2. The van der Waals surface area contributed by atoms with E-state index in [0.29, 0.717) is 6.42 Å². The summed E-state index contributed by atoms with van der Waals surface area (Å²) in [5, 5.41) is 0. The molecule has 0 saturated heterocycles. The molecule has 1 rings (SSSR count). The molecule has 0 unspecified atom stereocenters. The Morgan fingerprint density at radius 2 is 2.00 bits per heavy atom. The molecule has 4 nitrogen and oxygen atoms in total. The van der Waals surface area contributed by atoms with E-state index in [9.17, 15) is 8.42 Å². The van der Waals surface area contributed by atoms with Crippen LogP contribution in [-0.4, -0.2) is 82.8 Å². The van der Waals surface area contributed by atoms with Crippen molar-refractivity contribution in [2.24, 2.45) is 0 Å². The summed E-state index contributed by atoms with van der Waals surface area (Å²) in [6.07, 6.45) is 2.03. The van der Waals surface area contributed by atoms with Crippen molar-refractivity contribution < 1.29 is 13.0 Å². The molecule has 0 aliphatic carbocycles. The van der Waals surface area contributed by atoms with E-state index in [1.165, 1.54) is 0 Å². The Bertz CT molecular complexity index is 309. The van der Waals surface area contributed by atoms with Crippen LogP contribution in [0.25, 0.3) is 0 Å². The van der Waals surface area contributed by atoms with Crippen LogP contribution in [0.2, 0.25) is 0 Å². The molecule has 66 valence electrons. The summed E-state index contributed by atoms with van der Waals surface area (Å²) < 4.78 is 28.9. The molecule has 0 aliphatic heterocycles. The van der Waals surface area contributed by atoms with Crippen molar-refractivity contribution in [2.75, 3.05) is 5.75 Å². The monoisotopic (exact) mass is 223 g/mol. The van der Waals surface area contributed by atoms with Gasteiger partial charge in [0.2, 0.25) is 0 Å². The standard InChI is InChI=1S/C6H9NO3S.2Na.2H/c8-11(9,10)5-3-6-2-1-4-7-6;;;;/h1-2,4,7H,3,5H2,(H,8,9,10);;;;. The van der Waals surface area contributed by atoms with E-state index in [2.05, 4.69) is 4.98 Å². The van der Waals surface area contributed by atoms with E-state index in [4.69, 9.17) is 4.55 Å². The van der Waals surface area contributed by atoms with Crippen LogP contribution in [0.4, 0.5) is 0 Å². The molecule has 0 amide bonds. The average Bonchev–Trinajstić information content (AvgIpc) is 2.32. The third-order valence-corrected chi connectivity index (χ3v) is 2.01. The van der Waals surface area contributed by atoms with E-state index in [1.54, 1.807) is 18.3 Å². The van der Waals surface area contributed by atoms with Gasteiger partial charge in [-0.15, -0.1) is 0 Å². The first-order chi connectivity index (χ1) is 5.08. The maximum atomic E-state index is 10.3. The summed E-state index contributed by atoms with van der Waals surface area (Å²) in [6, 6.07) is 3.55. The molecule has 1 heterocycles. The van der Waals surface area contributed by atoms with Gasteiger partial charge in [0, 0.05) is 18.3 Å². The molecule has 0 saturated carbocycles. The van der Waals surface area contributed by atoms with Crippen LogP contribution in [0.15, 0.2) is 18.3 Å². The zero-order valence-electron chi connectivity index (χ0n) is 5.82. The van der Waals surface area contributed by atoms with E-state index >= 15 is 0 Å². The molecule has 1 aromatic rings. The second-order valence-electron chi connectivity index (χ2n) is 2.23. The molecule has 0 radical (unpaired) electrons. The molecule has 0 fully saturated rings. The Morgan fingerprint density at radius 1 is 1.38 bits per heavy atom. The summed E-state index contributed by atoms with van der Waals surface area (Å²) in [7, 11) is -3.82. The van der Waals surface area contributed by atoms with Crippen LogP contribution >= 0.6 is 0 Å². The number of rotatable bonds is 3. The molecule has 1 aromatic heterocycles. The topological polar surface area (TPSA) is 70.2 Å². The maximum absolute atomic E-state index is 10.3. The average molecular weight is 223 g/mol. The Labute approximate surface area is 122 Å². The van der Waals surface area contributed by atoms with Crippen molar-refractivity contribution in [3.05, 3.63) is 24.0 Å². The number of aromatic amines is 1. The zero-order chi connectivity index (χ0) is 8.32. The minimum atomic E-state index is -3.82. The van der Waals surface area contributed by atoms with Crippen molar-refractivity contribution in [3.8, 4) is 0 Å². The van der Waals surface area contributed by atoms with Gasteiger partial charge in [-0.25, -0.2) is 0 Å². The van der Waals surface area contributed by atoms with Gasteiger partial charge >= 0.3 is 59.1 Å². The normalized spacial score (nSPS) is 9.92. The van der Waals surface area contributed by atoms with Crippen molar-refractivity contribution in [1.82, 2.24) is 4.98 Å². The van der Waals surface area contributed by atoms with E-state index in [0.717, 1.165) is 5.69 Å². The SMILES string of the molecule is O=S(=O)(O)CCc1ccc[nH]1.[NaH].[NaH]. The number of H-pyrrole nitrogens is 1. The van der Waals surface area contributed by atoms with E-state index in [-0.39, 0.29) is 64.9 Å². The summed E-state index contributed by atoms with van der Waals surface area (Å²) in [6.45, 7) is 0. The quantitative estimate of drug-likeness (QED) is 0.518. The predicted molar refractivity (Wildman–Crippen MR) is 55.2 cm³/mol. The van der Waals surface area contributed by atoms with Crippen molar-refractivity contribution in [3.63, 3.8) is 0 Å². The van der Waals surface area contributed by atoms with Gasteiger partial charge in [0.05, 0.1) is 5.75 Å². The van der Waals surface area contributed by atoms with Gasteiger partial charge in [-0.3, -0.25) is 4.55 Å². The minimum absolute atomic E-state index is 0. The van der Waals surface area contributed by atoms with Crippen molar-refractivity contribution in [1.29, 1.82) is 0 Å². The summed E-state index contributed by atoms with van der Waals surface area (Å²) in [5.74, 6) is -0.229. The summed E-state index contributed by atoms with van der Waals surface area (Å²) in [4.78, 5) is 2.83. The second-order valence-corrected chi connectivity index (χ2v) is 3.80. The van der Waals surface area contributed by atoms with Gasteiger partial charge in [0.15, 0.2) is 0 Å². The fourth-order valence-corrected chi connectivity index (χ4v) is 1.24. The van der Waals surface area contributed by atoms with Crippen LogP contribution < -0.4 is 0 Å². The molecular formula is C6H11NNa2O3S. The van der Waals surface area contributed by atoms with Crippen LogP contribution in [0.1, 0.15) is 5.69 Å². The fraction of sp³-hybridized carbons (Fsp3) is 0.333. The number of aromatic nitrogens is 1. The van der Waals surface area contributed by atoms with Gasteiger partial charge in [-0.2, -0.15) is 8.42 Å². The van der Waals surface area contributed by atoms with Gasteiger partial charge < -0.3 is 4.98 Å². The number of nitrogens with one attached hydrogen (secondary N) is 1. The Balaban J connectivity index is 0. The van der Waals surface area contributed by atoms with Gasteiger partial charge in [-0.1, -0.05) is 0 Å². The number of hydrogen-bond acceptors (Lipinski definition) is 2. The molecule has 0 aliphatic rings. The molecule has 0 bridgehead atoms. The van der Waals surface area contributed by atoms with Crippen LogP contribution in [0.5, 0.6) is 0 Å². The van der Waals surface area contributed by atoms with Crippen LogP contribution in [0, 0.1) is 0 Å². The summed E-state index contributed by atoms with van der Waals surface area (Å²) >= 11 is 0. The third kappa shape index (κ3) is 8.20. The fourth-order valence-electron chi connectivity index (χ4n) is 0.762. The van der Waals surface area contributed by atoms with E-state index in [1.807, 2.05) is 0 Å². The molecule has 2 N–H and O–H groups in total. The molecule has 7 heteroatoms. The second kappa shape index (κ2) is 7.48. The van der Waals surface area contributed by atoms with Crippen molar-refractivity contribution >= 4 is 69.2 Å². The first-order valence-corrected chi connectivity index (χ1v) is 4.76. The Morgan fingerprint density at radius 3 is 2.38 bits per heavy atom. The first kappa shape index (κ1) is 16.6. The molecule has 13 heavy (non-hydrogen) atoms. The van der Waals surface area contributed by atoms with Gasteiger partial charge in [-0.05, 0) is 12.1 Å². The van der Waals surface area contributed by atoms with E-state index < -0.39 is 10.1 Å². The van der Waals surface area contributed by atoms with Crippen LogP contribution in [-0.2, 0) is 16.5 Å². The molecule has 0 spiro atoms. The third-order valence-electron chi connectivity index (χ3n) is 1.29. The summed E-state index contributed by atoms with van der Waals surface area (Å²) in [5.41, 5.74) is 0.808. The molecular weight excluding hydrogens is 212 g/mol. The zero-order valence-corrected chi connectivity index (χ0v) is 6.63.